The molecule has 18 heavy (non-hydrogen) atoms. The van der Waals surface area contributed by atoms with Gasteiger partial charge in [-0.3, -0.25) is 0 Å². The van der Waals surface area contributed by atoms with Crippen LogP contribution in [0, 0.1) is 0 Å². The van der Waals surface area contributed by atoms with Crippen molar-refractivity contribution in [2.24, 2.45) is 0 Å². The van der Waals surface area contributed by atoms with E-state index < -0.39 is 12.6 Å². The van der Waals surface area contributed by atoms with Gasteiger partial charge in [-0.15, -0.1) is 0 Å². The van der Waals surface area contributed by atoms with E-state index in [4.69, 9.17) is 5.73 Å². The van der Waals surface area contributed by atoms with Gasteiger partial charge in [-0.25, -0.2) is 4.98 Å². The number of anilines is 2. The summed E-state index contributed by atoms with van der Waals surface area (Å²) < 4.78 is 36.5. The van der Waals surface area contributed by atoms with Crippen molar-refractivity contribution in [3.05, 3.63) is 11.8 Å². The fourth-order valence-electron chi connectivity index (χ4n) is 2.01. The summed E-state index contributed by atoms with van der Waals surface area (Å²) in [6.07, 6.45) is -3.07. The molecule has 1 aromatic rings. The highest BCUT2D eigenvalue weighted by molar-refractivity contribution is 5.44. The quantitative estimate of drug-likeness (QED) is 0.904. The minimum Gasteiger partial charge on any atom is -0.368 e. The lowest BCUT2D eigenvalue weighted by molar-refractivity contribution is -0.134. The summed E-state index contributed by atoms with van der Waals surface area (Å²) in [5, 5.41) is 0. The predicted molar refractivity (Wildman–Crippen MR) is 62.3 cm³/mol. The molecule has 2 heterocycles. The van der Waals surface area contributed by atoms with Gasteiger partial charge in [-0.2, -0.15) is 18.2 Å². The zero-order valence-electron chi connectivity index (χ0n) is 9.87. The summed E-state index contributed by atoms with van der Waals surface area (Å²) in [5.41, 5.74) is 5.89. The summed E-state index contributed by atoms with van der Waals surface area (Å²) in [7, 11) is 0. The zero-order chi connectivity index (χ0) is 13.2. The van der Waals surface area contributed by atoms with E-state index in [1.165, 1.54) is 0 Å². The van der Waals surface area contributed by atoms with Gasteiger partial charge < -0.3 is 10.6 Å². The van der Waals surface area contributed by atoms with Gasteiger partial charge in [0.15, 0.2) is 0 Å². The third-order valence-electron chi connectivity index (χ3n) is 2.88. The van der Waals surface area contributed by atoms with Crippen molar-refractivity contribution >= 4 is 11.8 Å². The van der Waals surface area contributed by atoms with E-state index in [9.17, 15) is 13.2 Å². The Bertz CT molecular complexity index is 413. The summed E-state index contributed by atoms with van der Waals surface area (Å²) in [6.45, 7) is 1.74. The number of nitrogens with zero attached hydrogens (tertiary/aromatic N) is 3. The Labute approximate surface area is 103 Å². The van der Waals surface area contributed by atoms with E-state index in [0.29, 0.717) is 11.5 Å². The fourth-order valence-corrected chi connectivity index (χ4v) is 2.01. The SMILES string of the molecule is Nc1nc(CCC(F)(F)F)cc(N2CCCC2)n1. The van der Waals surface area contributed by atoms with Gasteiger partial charge in [-0.05, 0) is 19.3 Å². The number of rotatable bonds is 3. The lowest BCUT2D eigenvalue weighted by Crippen LogP contribution is -2.20. The Hall–Kier alpha value is -1.53. The molecular weight excluding hydrogens is 245 g/mol. The van der Waals surface area contributed by atoms with Crippen LogP contribution in [0.3, 0.4) is 0 Å². The number of nitrogen functional groups attached to an aromatic ring is 1. The summed E-state index contributed by atoms with van der Waals surface area (Å²) in [4.78, 5) is 9.94. The Morgan fingerprint density at radius 1 is 1.22 bits per heavy atom. The summed E-state index contributed by atoms with van der Waals surface area (Å²) in [6, 6.07) is 1.60. The lowest BCUT2D eigenvalue weighted by atomic mass is 10.2. The van der Waals surface area contributed by atoms with Crippen LogP contribution in [0.1, 0.15) is 25.0 Å². The van der Waals surface area contributed by atoms with Crippen molar-refractivity contribution in [1.29, 1.82) is 0 Å². The number of hydrogen-bond acceptors (Lipinski definition) is 4. The van der Waals surface area contributed by atoms with Crippen LogP contribution < -0.4 is 10.6 Å². The third-order valence-corrected chi connectivity index (χ3v) is 2.88. The molecule has 0 atom stereocenters. The summed E-state index contributed by atoms with van der Waals surface area (Å²) in [5.74, 6) is 0.675. The molecule has 0 radical (unpaired) electrons. The molecule has 7 heteroatoms. The zero-order valence-corrected chi connectivity index (χ0v) is 9.87. The summed E-state index contributed by atoms with van der Waals surface area (Å²) >= 11 is 0. The Kier molecular flexibility index (Phi) is 3.58. The smallest absolute Gasteiger partial charge is 0.368 e. The predicted octanol–water partition coefficient (Wildman–Crippen LogP) is 2.15. The first-order valence-electron chi connectivity index (χ1n) is 5.89. The molecule has 1 aliphatic heterocycles. The average molecular weight is 260 g/mol. The highest BCUT2D eigenvalue weighted by Crippen LogP contribution is 2.24. The van der Waals surface area contributed by atoms with Crippen molar-refractivity contribution in [3.63, 3.8) is 0 Å². The molecule has 2 N–H and O–H groups in total. The molecule has 0 aromatic carbocycles. The molecule has 0 unspecified atom stereocenters. The van der Waals surface area contributed by atoms with Crippen molar-refractivity contribution in [3.8, 4) is 0 Å². The monoisotopic (exact) mass is 260 g/mol. The first-order valence-corrected chi connectivity index (χ1v) is 5.89. The normalized spacial score (nSPS) is 16.3. The van der Waals surface area contributed by atoms with E-state index in [-0.39, 0.29) is 12.4 Å². The van der Waals surface area contributed by atoms with Gasteiger partial charge in [0.1, 0.15) is 5.82 Å². The maximum Gasteiger partial charge on any atom is 0.389 e. The van der Waals surface area contributed by atoms with E-state index in [1.807, 2.05) is 4.90 Å². The highest BCUT2D eigenvalue weighted by atomic mass is 19.4. The maximum atomic E-state index is 12.2. The highest BCUT2D eigenvalue weighted by Gasteiger charge is 2.27. The first-order chi connectivity index (χ1) is 8.44. The molecule has 0 saturated carbocycles. The number of nitrogens with two attached hydrogens (primary N) is 1. The first kappa shape index (κ1) is 12.9. The lowest BCUT2D eigenvalue weighted by Gasteiger charge is -2.17. The van der Waals surface area contributed by atoms with Crippen molar-refractivity contribution < 1.29 is 13.2 Å². The van der Waals surface area contributed by atoms with E-state index in [0.717, 1.165) is 25.9 Å². The second-order valence-electron chi connectivity index (χ2n) is 4.39. The molecule has 0 amide bonds. The average Bonchev–Trinajstić information content (AvgIpc) is 2.78. The van der Waals surface area contributed by atoms with Crippen LogP contribution in [-0.2, 0) is 6.42 Å². The van der Waals surface area contributed by atoms with Crippen LogP contribution in [0.15, 0.2) is 6.07 Å². The van der Waals surface area contributed by atoms with Crippen molar-refractivity contribution in [2.45, 2.75) is 31.9 Å². The van der Waals surface area contributed by atoms with Crippen LogP contribution in [0.4, 0.5) is 24.9 Å². The van der Waals surface area contributed by atoms with Gasteiger partial charge in [0.2, 0.25) is 5.95 Å². The Morgan fingerprint density at radius 2 is 1.89 bits per heavy atom. The van der Waals surface area contributed by atoms with Crippen LogP contribution in [0.2, 0.25) is 0 Å². The molecule has 100 valence electrons. The molecular formula is C11H15F3N4. The Balaban J connectivity index is 2.10. The maximum absolute atomic E-state index is 12.2. The van der Waals surface area contributed by atoms with E-state index >= 15 is 0 Å². The van der Waals surface area contributed by atoms with Crippen molar-refractivity contribution in [1.82, 2.24) is 9.97 Å². The van der Waals surface area contributed by atoms with Crippen LogP contribution in [0.5, 0.6) is 0 Å². The molecule has 0 spiro atoms. The van der Waals surface area contributed by atoms with Gasteiger partial charge in [-0.1, -0.05) is 0 Å². The molecule has 1 aliphatic rings. The minimum absolute atomic E-state index is 0.0385. The molecule has 1 saturated heterocycles. The minimum atomic E-state index is -4.17. The molecule has 1 aromatic heterocycles. The van der Waals surface area contributed by atoms with Crippen LogP contribution >= 0.6 is 0 Å². The molecule has 2 rings (SSSR count). The number of alkyl halides is 3. The van der Waals surface area contributed by atoms with Gasteiger partial charge in [0.05, 0.1) is 0 Å². The third kappa shape index (κ3) is 3.48. The molecule has 1 fully saturated rings. The van der Waals surface area contributed by atoms with E-state index in [2.05, 4.69) is 9.97 Å². The number of aryl methyl sites for hydroxylation is 1. The van der Waals surface area contributed by atoms with Crippen molar-refractivity contribution in [2.75, 3.05) is 23.7 Å². The fraction of sp³-hybridized carbons (Fsp3) is 0.636. The number of hydrogen-bond donors (Lipinski definition) is 1. The molecule has 0 bridgehead atoms. The van der Waals surface area contributed by atoms with Gasteiger partial charge >= 0.3 is 6.18 Å². The second kappa shape index (κ2) is 4.99. The van der Waals surface area contributed by atoms with Gasteiger partial charge in [0, 0.05) is 31.3 Å². The standard InChI is InChI=1S/C11H15F3N4/c12-11(13,14)4-3-8-7-9(17-10(15)16-8)18-5-1-2-6-18/h7H,1-6H2,(H2,15,16,17). The number of aromatic nitrogens is 2. The van der Waals surface area contributed by atoms with E-state index in [1.54, 1.807) is 6.07 Å². The molecule has 0 aliphatic carbocycles. The molecule has 4 nitrogen and oxygen atoms in total. The van der Waals surface area contributed by atoms with Crippen LogP contribution in [-0.4, -0.2) is 29.2 Å². The Morgan fingerprint density at radius 3 is 2.50 bits per heavy atom. The second-order valence-corrected chi connectivity index (χ2v) is 4.39. The largest absolute Gasteiger partial charge is 0.389 e. The topological polar surface area (TPSA) is 55.0 Å². The van der Waals surface area contributed by atoms with Gasteiger partial charge in [0.25, 0.3) is 0 Å². The number of halogens is 3. The van der Waals surface area contributed by atoms with Crippen LogP contribution in [0.25, 0.3) is 0 Å².